The van der Waals surface area contributed by atoms with Crippen LogP contribution in [0.2, 0.25) is 0 Å². The van der Waals surface area contributed by atoms with E-state index in [0.717, 1.165) is 0 Å². The molecule has 7 heteroatoms. The third kappa shape index (κ3) is 4.33. The Bertz CT molecular complexity index is 483. The lowest BCUT2D eigenvalue weighted by Gasteiger charge is -2.21. The number of nitrogens with one attached hydrogen (secondary N) is 2. The first kappa shape index (κ1) is 14.4. The zero-order valence-corrected chi connectivity index (χ0v) is 11.9. The van der Waals surface area contributed by atoms with Gasteiger partial charge in [-0.3, -0.25) is 10.1 Å². The van der Waals surface area contributed by atoms with Crippen LogP contribution in [0.25, 0.3) is 0 Å². The summed E-state index contributed by atoms with van der Waals surface area (Å²) in [5, 5.41) is 15.9. The van der Waals surface area contributed by atoms with E-state index >= 15 is 0 Å². The van der Waals surface area contributed by atoms with Gasteiger partial charge in [0, 0.05) is 22.1 Å². The molecule has 18 heavy (non-hydrogen) atoms. The molecule has 0 aliphatic carbocycles. The lowest BCUT2D eigenvalue weighted by atomic mass is 10.1. The summed E-state index contributed by atoms with van der Waals surface area (Å²) in [4.78, 5) is 21.8. The second-order valence-electron chi connectivity index (χ2n) is 4.75. The third-order valence-corrected chi connectivity index (χ3v) is 2.59. The molecule has 2 amide bonds. The standard InChI is InChI=1S/C11H14BrN3O3/c1-11(2,3)14-10(16)13-9-6-7(15(17)18)4-5-8(9)12/h4-6H,1-3H3,(H2,13,14,16). The monoisotopic (exact) mass is 315 g/mol. The number of amides is 2. The topological polar surface area (TPSA) is 84.3 Å². The number of nitrogens with zero attached hydrogens (tertiary/aromatic N) is 1. The number of carbonyl (C=O) groups excluding carboxylic acids is 1. The highest BCUT2D eigenvalue weighted by atomic mass is 79.9. The highest BCUT2D eigenvalue weighted by Gasteiger charge is 2.16. The quantitative estimate of drug-likeness (QED) is 0.648. The fourth-order valence-corrected chi connectivity index (χ4v) is 1.56. The maximum Gasteiger partial charge on any atom is 0.319 e. The molecule has 0 saturated carbocycles. The molecule has 0 radical (unpaired) electrons. The van der Waals surface area contributed by atoms with Crippen LogP contribution in [0.15, 0.2) is 22.7 Å². The Morgan fingerprint density at radius 3 is 2.50 bits per heavy atom. The van der Waals surface area contributed by atoms with Crippen molar-refractivity contribution in [2.24, 2.45) is 0 Å². The summed E-state index contributed by atoms with van der Waals surface area (Å²) < 4.78 is 0.581. The summed E-state index contributed by atoms with van der Waals surface area (Å²) in [5.74, 6) is 0. The van der Waals surface area contributed by atoms with Gasteiger partial charge in [0.2, 0.25) is 0 Å². The van der Waals surface area contributed by atoms with Gasteiger partial charge in [0.25, 0.3) is 5.69 Å². The smallest absolute Gasteiger partial charge is 0.319 e. The summed E-state index contributed by atoms with van der Waals surface area (Å²) in [7, 11) is 0. The molecule has 0 aromatic heterocycles. The highest BCUT2D eigenvalue weighted by Crippen LogP contribution is 2.27. The number of hydrogen-bond acceptors (Lipinski definition) is 3. The van der Waals surface area contributed by atoms with Gasteiger partial charge in [-0.05, 0) is 42.8 Å². The van der Waals surface area contributed by atoms with Crippen molar-refractivity contribution >= 4 is 33.3 Å². The number of benzene rings is 1. The van der Waals surface area contributed by atoms with Gasteiger partial charge in [0.1, 0.15) is 0 Å². The minimum absolute atomic E-state index is 0.0794. The Balaban J connectivity index is 2.87. The van der Waals surface area contributed by atoms with Crippen LogP contribution < -0.4 is 10.6 Å². The summed E-state index contributed by atoms with van der Waals surface area (Å²) in [6, 6.07) is 3.76. The lowest BCUT2D eigenvalue weighted by Crippen LogP contribution is -2.43. The van der Waals surface area contributed by atoms with Crippen LogP contribution in [0.5, 0.6) is 0 Å². The molecule has 0 spiro atoms. The molecule has 1 rings (SSSR count). The Kier molecular flexibility index (Phi) is 4.28. The van der Waals surface area contributed by atoms with E-state index in [0.29, 0.717) is 10.2 Å². The largest absolute Gasteiger partial charge is 0.333 e. The fraction of sp³-hybridized carbons (Fsp3) is 0.364. The van der Waals surface area contributed by atoms with Crippen molar-refractivity contribution in [3.63, 3.8) is 0 Å². The van der Waals surface area contributed by atoms with E-state index in [4.69, 9.17) is 0 Å². The van der Waals surface area contributed by atoms with Crippen LogP contribution in [0.1, 0.15) is 20.8 Å². The average Bonchev–Trinajstić information content (AvgIpc) is 2.18. The predicted molar refractivity (Wildman–Crippen MR) is 72.7 cm³/mol. The van der Waals surface area contributed by atoms with Crippen molar-refractivity contribution in [3.8, 4) is 0 Å². The first-order valence-corrected chi connectivity index (χ1v) is 6.01. The maximum atomic E-state index is 11.6. The molecule has 0 saturated heterocycles. The second kappa shape index (κ2) is 5.34. The molecule has 1 aromatic rings. The predicted octanol–water partition coefficient (Wildman–Crippen LogP) is 3.28. The Morgan fingerprint density at radius 1 is 1.39 bits per heavy atom. The molecular weight excluding hydrogens is 302 g/mol. The molecule has 2 N–H and O–H groups in total. The number of rotatable bonds is 2. The molecule has 0 aliphatic heterocycles. The zero-order valence-electron chi connectivity index (χ0n) is 10.3. The summed E-state index contributed by atoms with van der Waals surface area (Å²) in [5.41, 5.74) is -0.104. The van der Waals surface area contributed by atoms with Crippen LogP contribution in [0, 0.1) is 10.1 Å². The number of nitro benzene ring substituents is 1. The molecule has 0 heterocycles. The highest BCUT2D eigenvalue weighted by molar-refractivity contribution is 9.10. The summed E-state index contributed by atoms with van der Waals surface area (Å²) in [6.07, 6.45) is 0. The van der Waals surface area contributed by atoms with E-state index in [2.05, 4.69) is 26.6 Å². The van der Waals surface area contributed by atoms with Gasteiger partial charge in [-0.1, -0.05) is 0 Å². The lowest BCUT2D eigenvalue weighted by molar-refractivity contribution is -0.384. The van der Waals surface area contributed by atoms with E-state index in [9.17, 15) is 14.9 Å². The number of anilines is 1. The van der Waals surface area contributed by atoms with Crippen LogP contribution >= 0.6 is 15.9 Å². The van der Waals surface area contributed by atoms with E-state index in [1.807, 2.05) is 20.8 Å². The third-order valence-electron chi connectivity index (χ3n) is 1.90. The van der Waals surface area contributed by atoms with Crippen molar-refractivity contribution in [1.82, 2.24) is 5.32 Å². The van der Waals surface area contributed by atoms with E-state index in [1.165, 1.54) is 18.2 Å². The first-order chi connectivity index (χ1) is 8.19. The molecule has 6 nitrogen and oxygen atoms in total. The van der Waals surface area contributed by atoms with Gasteiger partial charge < -0.3 is 10.6 Å². The number of carbonyl (C=O) groups is 1. The van der Waals surface area contributed by atoms with Gasteiger partial charge in [-0.2, -0.15) is 0 Å². The number of halogens is 1. The Labute approximate surface area is 113 Å². The second-order valence-corrected chi connectivity index (χ2v) is 5.60. The van der Waals surface area contributed by atoms with Gasteiger partial charge in [-0.15, -0.1) is 0 Å². The Morgan fingerprint density at radius 2 is 2.00 bits per heavy atom. The molecule has 1 aromatic carbocycles. The Hall–Kier alpha value is -1.63. The SMILES string of the molecule is CC(C)(C)NC(=O)Nc1cc([N+](=O)[O-])ccc1Br. The van der Waals surface area contributed by atoms with Crippen molar-refractivity contribution in [3.05, 3.63) is 32.8 Å². The van der Waals surface area contributed by atoms with Crippen LogP contribution in [0.3, 0.4) is 0 Å². The molecule has 0 bridgehead atoms. The van der Waals surface area contributed by atoms with Crippen LogP contribution in [-0.2, 0) is 0 Å². The van der Waals surface area contributed by atoms with Crippen molar-refractivity contribution in [2.75, 3.05) is 5.32 Å². The maximum absolute atomic E-state index is 11.6. The van der Waals surface area contributed by atoms with E-state index in [-0.39, 0.29) is 11.2 Å². The zero-order chi connectivity index (χ0) is 13.9. The molecule has 98 valence electrons. The van der Waals surface area contributed by atoms with E-state index in [1.54, 1.807) is 0 Å². The van der Waals surface area contributed by atoms with Crippen LogP contribution in [0.4, 0.5) is 16.2 Å². The number of non-ortho nitro benzene ring substituents is 1. The minimum Gasteiger partial charge on any atom is -0.333 e. The van der Waals surface area contributed by atoms with Crippen molar-refractivity contribution in [2.45, 2.75) is 26.3 Å². The minimum atomic E-state index is -0.515. The van der Waals surface area contributed by atoms with Gasteiger partial charge >= 0.3 is 6.03 Å². The molecule has 0 unspecified atom stereocenters. The number of nitro groups is 1. The van der Waals surface area contributed by atoms with Crippen molar-refractivity contribution in [1.29, 1.82) is 0 Å². The fourth-order valence-electron chi connectivity index (χ4n) is 1.22. The summed E-state index contributed by atoms with van der Waals surface area (Å²) in [6.45, 7) is 5.53. The molecule has 0 aliphatic rings. The van der Waals surface area contributed by atoms with Gasteiger partial charge in [0.15, 0.2) is 0 Å². The molecule has 0 fully saturated rings. The average molecular weight is 316 g/mol. The van der Waals surface area contributed by atoms with Crippen molar-refractivity contribution < 1.29 is 9.72 Å². The van der Waals surface area contributed by atoms with Crippen LogP contribution in [-0.4, -0.2) is 16.5 Å². The number of hydrogen-bond donors (Lipinski definition) is 2. The molecular formula is C11H14BrN3O3. The van der Waals surface area contributed by atoms with E-state index < -0.39 is 11.0 Å². The normalized spacial score (nSPS) is 10.9. The molecule has 0 atom stereocenters. The first-order valence-electron chi connectivity index (χ1n) is 5.22. The van der Waals surface area contributed by atoms with Gasteiger partial charge in [-0.25, -0.2) is 4.79 Å². The van der Waals surface area contributed by atoms with Gasteiger partial charge in [0.05, 0.1) is 10.6 Å². The number of urea groups is 1. The summed E-state index contributed by atoms with van der Waals surface area (Å²) >= 11 is 3.22.